The molecule has 0 saturated carbocycles. The van der Waals surface area contributed by atoms with E-state index in [1.807, 2.05) is 6.92 Å². The Morgan fingerprint density at radius 3 is 2.55 bits per heavy atom. The van der Waals surface area contributed by atoms with Crippen LogP contribution in [0.25, 0.3) is 0 Å². The highest BCUT2D eigenvalue weighted by atomic mass is 32.2. The summed E-state index contributed by atoms with van der Waals surface area (Å²) in [5.41, 5.74) is 2.65. The third-order valence-corrected chi connectivity index (χ3v) is 1.55. The van der Waals surface area contributed by atoms with Gasteiger partial charge in [-0.2, -0.15) is 8.42 Å². The van der Waals surface area contributed by atoms with Gasteiger partial charge in [0, 0.05) is 0 Å². The Balaban J connectivity index is 3.78. The SMILES string of the molecule is CCCC=C=CCS(=O)(=O)O. The monoisotopic (exact) mass is 176 g/mol. The second-order valence-corrected chi connectivity index (χ2v) is 3.61. The molecule has 0 rings (SSSR count). The second-order valence-electron chi connectivity index (χ2n) is 2.11. The first kappa shape index (κ1) is 10.4. The number of hydrogen-bond acceptors (Lipinski definition) is 2. The van der Waals surface area contributed by atoms with Gasteiger partial charge < -0.3 is 0 Å². The molecule has 0 aromatic rings. The molecule has 64 valence electrons. The molecular weight excluding hydrogens is 164 g/mol. The molecule has 11 heavy (non-hydrogen) atoms. The quantitative estimate of drug-likeness (QED) is 0.520. The zero-order chi connectivity index (χ0) is 8.74. The van der Waals surface area contributed by atoms with E-state index in [1.165, 1.54) is 6.08 Å². The van der Waals surface area contributed by atoms with E-state index in [4.69, 9.17) is 4.55 Å². The van der Waals surface area contributed by atoms with Crippen LogP contribution in [0.15, 0.2) is 17.9 Å². The molecule has 0 atom stereocenters. The summed E-state index contributed by atoms with van der Waals surface area (Å²) in [5.74, 6) is -0.354. The molecule has 0 aromatic heterocycles. The third-order valence-electron chi connectivity index (χ3n) is 0.963. The first-order valence-corrected chi connectivity index (χ1v) is 5.01. The molecule has 1 N–H and O–H groups in total. The largest absolute Gasteiger partial charge is 0.285 e. The fourth-order valence-corrected chi connectivity index (χ4v) is 0.771. The van der Waals surface area contributed by atoms with E-state index in [9.17, 15) is 8.42 Å². The minimum Gasteiger partial charge on any atom is -0.285 e. The van der Waals surface area contributed by atoms with E-state index in [2.05, 4.69) is 5.73 Å². The molecule has 0 aliphatic carbocycles. The van der Waals surface area contributed by atoms with E-state index in [-0.39, 0.29) is 5.75 Å². The first-order valence-electron chi connectivity index (χ1n) is 3.41. The topological polar surface area (TPSA) is 54.4 Å². The summed E-state index contributed by atoms with van der Waals surface area (Å²) < 4.78 is 28.5. The predicted octanol–water partition coefficient (Wildman–Crippen LogP) is 1.39. The normalized spacial score (nSPS) is 10.4. The lowest BCUT2D eigenvalue weighted by Crippen LogP contribution is -1.99. The Morgan fingerprint density at radius 2 is 2.09 bits per heavy atom. The fraction of sp³-hybridized carbons (Fsp3) is 0.571. The molecule has 0 fully saturated rings. The van der Waals surface area contributed by atoms with E-state index >= 15 is 0 Å². The lowest BCUT2D eigenvalue weighted by Gasteiger charge is -1.83. The third kappa shape index (κ3) is 9.43. The van der Waals surface area contributed by atoms with Crippen molar-refractivity contribution in [3.63, 3.8) is 0 Å². The van der Waals surface area contributed by atoms with Gasteiger partial charge in [-0.25, -0.2) is 0 Å². The van der Waals surface area contributed by atoms with Gasteiger partial charge in [-0.1, -0.05) is 13.3 Å². The molecule has 4 heteroatoms. The maximum Gasteiger partial charge on any atom is 0.269 e. The van der Waals surface area contributed by atoms with Gasteiger partial charge in [0.25, 0.3) is 10.1 Å². The molecule has 0 aliphatic heterocycles. The van der Waals surface area contributed by atoms with E-state index in [0.717, 1.165) is 12.8 Å². The maximum atomic E-state index is 10.1. The lowest BCUT2D eigenvalue weighted by atomic mass is 10.3. The summed E-state index contributed by atoms with van der Waals surface area (Å²) in [4.78, 5) is 0. The summed E-state index contributed by atoms with van der Waals surface area (Å²) in [7, 11) is -3.85. The van der Waals surface area contributed by atoms with Gasteiger partial charge >= 0.3 is 0 Å². The summed E-state index contributed by atoms with van der Waals surface area (Å²) >= 11 is 0. The highest BCUT2D eigenvalue weighted by molar-refractivity contribution is 7.85. The summed E-state index contributed by atoms with van der Waals surface area (Å²) in [6, 6.07) is 0. The molecule has 0 saturated heterocycles. The average Bonchev–Trinajstić information content (AvgIpc) is 1.85. The first-order chi connectivity index (χ1) is 5.06. The van der Waals surface area contributed by atoms with Gasteiger partial charge in [0.15, 0.2) is 0 Å². The molecule has 0 radical (unpaired) electrons. The molecule has 0 amide bonds. The van der Waals surface area contributed by atoms with Crippen LogP contribution in [0.5, 0.6) is 0 Å². The molecular formula is C7H12O3S. The van der Waals surface area contributed by atoms with E-state index in [0.29, 0.717) is 0 Å². The van der Waals surface area contributed by atoms with Gasteiger partial charge in [0.1, 0.15) is 5.75 Å². The minimum atomic E-state index is -3.85. The second kappa shape index (κ2) is 5.13. The molecule has 0 unspecified atom stereocenters. The van der Waals surface area contributed by atoms with Crippen LogP contribution in [0.3, 0.4) is 0 Å². The Bertz CT molecular complexity index is 245. The van der Waals surface area contributed by atoms with Crippen LogP contribution < -0.4 is 0 Å². The Morgan fingerprint density at radius 1 is 1.45 bits per heavy atom. The van der Waals surface area contributed by atoms with Gasteiger partial charge in [0.2, 0.25) is 0 Å². The van der Waals surface area contributed by atoms with Crippen LogP contribution in [0.2, 0.25) is 0 Å². The van der Waals surface area contributed by atoms with E-state index < -0.39 is 10.1 Å². The molecule has 0 aliphatic rings. The molecule has 0 spiro atoms. The van der Waals surface area contributed by atoms with Crippen LogP contribution >= 0.6 is 0 Å². The van der Waals surface area contributed by atoms with Crippen molar-refractivity contribution in [2.75, 3.05) is 5.75 Å². The lowest BCUT2D eigenvalue weighted by molar-refractivity contribution is 0.487. The fourth-order valence-electron chi connectivity index (χ4n) is 0.464. The van der Waals surface area contributed by atoms with Crippen molar-refractivity contribution in [3.8, 4) is 0 Å². The van der Waals surface area contributed by atoms with Crippen LogP contribution in [0.1, 0.15) is 19.8 Å². The highest BCUT2D eigenvalue weighted by Crippen LogP contribution is 1.87. The minimum absolute atomic E-state index is 0.354. The van der Waals surface area contributed by atoms with Gasteiger partial charge in [0.05, 0.1) is 0 Å². The number of rotatable bonds is 4. The Hall–Kier alpha value is -0.570. The summed E-state index contributed by atoms with van der Waals surface area (Å²) in [6.45, 7) is 2.01. The van der Waals surface area contributed by atoms with Crippen molar-refractivity contribution in [3.05, 3.63) is 17.9 Å². The number of unbranched alkanes of at least 4 members (excludes halogenated alkanes) is 1. The summed E-state index contributed by atoms with van der Waals surface area (Å²) in [6.07, 6.45) is 4.92. The van der Waals surface area contributed by atoms with Crippen molar-refractivity contribution in [1.29, 1.82) is 0 Å². The zero-order valence-corrected chi connectivity index (χ0v) is 7.26. The zero-order valence-electron chi connectivity index (χ0n) is 6.45. The standard InChI is InChI=1S/C7H12O3S/c1-2-3-4-5-6-7-11(8,9)10/h4,6H,2-3,7H2,1H3,(H,8,9,10). The average molecular weight is 176 g/mol. The van der Waals surface area contributed by atoms with Gasteiger partial charge in [-0.15, -0.1) is 5.73 Å². The van der Waals surface area contributed by atoms with Crippen molar-refractivity contribution < 1.29 is 13.0 Å². The Kier molecular flexibility index (Phi) is 4.86. The Labute approximate surface area is 67.2 Å². The van der Waals surface area contributed by atoms with Crippen molar-refractivity contribution in [2.45, 2.75) is 19.8 Å². The van der Waals surface area contributed by atoms with Crippen LogP contribution in [-0.4, -0.2) is 18.7 Å². The van der Waals surface area contributed by atoms with E-state index in [1.54, 1.807) is 6.08 Å². The van der Waals surface area contributed by atoms with Crippen molar-refractivity contribution >= 4 is 10.1 Å². The summed E-state index contributed by atoms with van der Waals surface area (Å²) in [5, 5.41) is 0. The molecule has 0 heterocycles. The maximum absolute atomic E-state index is 10.1. The van der Waals surface area contributed by atoms with Crippen molar-refractivity contribution in [2.24, 2.45) is 0 Å². The van der Waals surface area contributed by atoms with Crippen LogP contribution in [0.4, 0.5) is 0 Å². The molecule has 3 nitrogen and oxygen atoms in total. The van der Waals surface area contributed by atoms with Gasteiger partial charge in [-0.3, -0.25) is 4.55 Å². The van der Waals surface area contributed by atoms with Crippen LogP contribution in [-0.2, 0) is 10.1 Å². The highest BCUT2D eigenvalue weighted by Gasteiger charge is 1.97. The number of hydrogen-bond donors (Lipinski definition) is 1. The van der Waals surface area contributed by atoms with Crippen molar-refractivity contribution in [1.82, 2.24) is 0 Å². The van der Waals surface area contributed by atoms with Crippen LogP contribution in [0, 0.1) is 0 Å². The van der Waals surface area contributed by atoms with Gasteiger partial charge in [-0.05, 0) is 18.6 Å². The smallest absolute Gasteiger partial charge is 0.269 e. The predicted molar refractivity (Wildman–Crippen MR) is 44.0 cm³/mol. The molecule has 0 aromatic carbocycles. The molecule has 0 bridgehead atoms.